The molecule has 0 aliphatic carbocycles. The highest BCUT2D eigenvalue weighted by atomic mass is 16.3. The van der Waals surface area contributed by atoms with Crippen LogP contribution in [0.1, 0.15) is 47.6 Å². The number of terminal acetylenes is 1. The minimum atomic E-state index is -0.804. The maximum atomic E-state index is 11.9. The number of likely N-dealkylation sites (tertiary alicyclic amines) is 1. The van der Waals surface area contributed by atoms with Crippen LogP contribution in [0.2, 0.25) is 0 Å². The molecule has 1 fully saturated rings. The van der Waals surface area contributed by atoms with E-state index in [0.717, 1.165) is 29.1 Å². The minimum absolute atomic E-state index is 0.148. The summed E-state index contributed by atoms with van der Waals surface area (Å²) >= 11 is 0. The number of carbonyl (C=O) groups is 2. The molecule has 0 radical (unpaired) electrons. The van der Waals surface area contributed by atoms with E-state index in [9.17, 15) is 14.7 Å². The molecule has 1 saturated heterocycles. The van der Waals surface area contributed by atoms with Crippen LogP contribution in [0.4, 0.5) is 0 Å². The van der Waals surface area contributed by atoms with Crippen LogP contribution in [-0.4, -0.2) is 80.0 Å². The van der Waals surface area contributed by atoms with E-state index >= 15 is 0 Å². The van der Waals surface area contributed by atoms with Gasteiger partial charge in [0.15, 0.2) is 5.69 Å². The molecule has 2 amide bonds. The zero-order chi connectivity index (χ0) is 24.3. The number of nitrogens with zero attached hydrogens (tertiary/aromatic N) is 4. The first-order chi connectivity index (χ1) is 15.5. The molecule has 1 aromatic carbocycles. The molecule has 0 bridgehead atoms. The number of primary amides is 1. The summed E-state index contributed by atoms with van der Waals surface area (Å²) in [6, 6.07) is 7.48. The number of hydrogen-bond donors (Lipinski definition) is 3. The number of rotatable bonds is 4. The van der Waals surface area contributed by atoms with Crippen molar-refractivity contribution < 1.29 is 19.8 Å². The zero-order valence-corrected chi connectivity index (χ0v) is 19.3. The molecule has 33 heavy (non-hydrogen) atoms. The first kappa shape index (κ1) is 24.5. The number of fused-ring (bicyclic) bond motifs is 1. The van der Waals surface area contributed by atoms with Crippen molar-refractivity contribution in [1.29, 1.82) is 0 Å². The molecule has 0 spiro atoms. The Kier molecular flexibility index (Phi) is 7.22. The van der Waals surface area contributed by atoms with Gasteiger partial charge in [0.25, 0.3) is 11.8 Å². The van der Waals surface area contributed by atoms with Crippen molar-refractivity contribution in [2.75, 3.05) is 26.7 Å². The highest BCUT2D eigenvalue weighted by molar-refractivity contribution is 5.92. The Morgan fingerprint density at radius 2 is 2.09 bits per heavy atom. The third-order valence-corrected chi connectivity index (χ3v) is 5.64. The number of β-amino-alcohol motifs (C(OH)–C–C–N with tert-alkyl or cyclic N) is 1. The number of benzene rings is 1. The third kappa shape index (κ3) is 5.79. The Bertz CT molecular complexity index is 1070. The fourth-order valence-corrected chi connectivity index (χ4v) is 4.10. The van der Waals surface area contributed by atoms with Gasteiger partial charge in [0, 0.05) is 50.8 Å². The summed E-state index contributed by atoms with van der Waals surface area (Å²) < 4.78 is 1.76. The summed E-state index contributed by atoms with van der Waals surface area (Å²) in [6.07, 6.45) is 6.07. The predicted octanol–water partition coefficient (Wildman–Crippen LogP) is 0.291. The van der Waals surface area contributed by atoms with Gasteiger partial charge in [0.2, 0.25) is 0 Å². The van der Waals surface area contributed by atoms with Crippen molar-refractivity contribution in [3.05, 3.63) is 46.8 Å². The number of carbonyl (C=O) groups excluding carboxylic acids is 2. The van der Waals surface area contributed by atoms with Crippen molar-refractivity contribution in [1.82, 2.24) is 19.6 Å². The number of amides is 2. The molecule has 2 aliphatic heterocycles. The van der Waals surface area contributed by atoms with Gasteiger partial charge in [0.1, 0.15) is 6.10 Å². The lowest BCUT2D eigenvalue weighted by molar-refractivity contribution is -0.133. The molecular formula is C24H31N5O4. The van der Waals surface area contributed by atoms with Crippen LogP contribution in [-0.2, 0) is 17.8 Å². The summed E-state index contributed by atoms with van der Waals surface area (Å²) in [6.45, 7) is 6.06. The lowest BCUT2D eigenvalue weighted by atomic mass is 10.0. The average molecular weight is 454 g/mol. The predicted molar refractivity (Wildman–Crippen MR) is 124 cm³/mol. The van der Waals surface area contributed by atoms with Crippen LogP contribution in [0, 0.1) is 12.3 Å². The third-order valence-electron chi connectivity index (χ3n) is 5.64. The lowest BCUT2D eigenvalue weighted by Gasteiger charge is -2.32. The molecule has 1 atom stereocenters. The van der Waals surface area contributed by atoms with Crippen molar-refractivity contribution in [2.24, 2.45) is 5.73 Å². The van der Waals surface area contributed by atoms with Crippen LogP contribution >= 0.6 is 0 Å². The maximum Gasteiger partial charge on any atom is 0.269 e. The second-order valence-electron chi connectivity index (χ2n) is 9.08. The van der Waals surface area contributed by atoms with E-state index in [0.29, 0.717) is 32.5 Å². The van der Waals surface area contributed by atoms with E-state index in [1.54, 1.807) is 25.6 Å². The largest absolute Gasteiger partial charge is 0.389 e. The van der Waals surface area contributed by atoms with Crippen LogP contribution < -0.4 is 5.73 Å². The van der Waals surface area contributed by atoms with Crippen LogP contribution in [0.15, 0.2) is 24.3 Å². The van der Waals surface area contributed by atoms with E-state index in [2.05, 4.69) is 15.9 Å². The van der Waals surface area contributed by atoms with Crippen LogP contribution in [0.5, 0.6) is 0 Å². The summed E-state index contributed by atoms with van der Waals surface area (Å²) in [5.41, 5.74) is 8.38. The van der Waals surface area contributed by atoms with E-state index < -0.39 is 17.6 Å². The first-order valence-electron chi connectivity index (χ1n) is 10.9. The van der Waals surface area contributed by atoms with E-state index in [1.165, 1.54) is 4.90 Å². The molecule has 176 valence electrons. The Hall–Kier alpha value is -3.19. The van der Waals surface area contributed by atoms with Crippen LogP contribution in [0.25, 0.3) is 5.69 Å². The number of nitrogens with two attached hydrogens (primary N) is 1. The standard InChI is InChI=1S/C19H22N4O2.C5H9NO2/c1-4-13-6-5-7-14(10-13)23-16-8-9-22(12-19(2,3)25)11-15(16)17(21-23)18(20)24;1-6-3-2-4(7)5(6)8/h1,5-7,10,25H,8-9,11-12H2,2-3H3,(H2,20,24);4,7H,2-3H2,1H3/t;4-/m.0/s1. The van der Waals surface area contributed by atoms with Gasteiger partial charge >= 0.3 is 0 Å². The Balaban J connectivity index is 0.000000323. The van der Waals surface area contributed by atoms with Gasteiger partial charge in [-0.1, -0.05) is 12.0 Å². The highest BCUT2D eigenvalue weighted by Gasteiger charge is 2.30. The first-order valence-corrected chi connectivity index (χ1v) is 10.9. The lowest BCUT2D eigenvalue weighted by Crippen LogP contribution is -2.41. The molecule has 4 rings (SSSR count). The number of aliphatic hydroxyl groups excluding tert-OH is 1. The molecule has 0 unspecified atom stereocenters. The van der Waals surface area contributed by atoms with Gasteiger partial charge in [-0.2, -0.15) is 5.10 Å². The van der Waals surface area contributed by atoms with Gasteiger partial charge in [-0.25, -0.2) is 4.68 Å². The second kappa shape index (κ2) is 9.75. The van der Waals surface area contributed by atoms with Gasteiger partial charge in [-0.3, -0.25) is 14.5 Å². The molecule has 0 saturated carbocycles. The number of aliphatic hydroxyl groups is 2. The quantitative estimate of drug-likeness (QED) is 0.572. The summed E-state index contributed by atoms with van der Waals surface area (Å²) in [4.78, 5) is 26.1. The van der Waals surface area contributed by atoms with E-state index in [-0.39, 0.29) is 11.6 Å². The fraction of sp³-hybridized carbons (Fsp3) is 0.458. The van der Waals surface area contributed by atoms with Gasteiger partial charge in [-0.15, -0.1) is 6.42 Å². The molecule has 2 aromatic rings. The monoisotopic (exact) mass is 453 g/mol. The fourth-order valence-electron chi connectivity index (χ4n) is 4.10. The SMILES string of the molecule is C#Cc1cccc(-n2nc(C(N)=O)c3c2CCN(CC(C)(C)O)C3)c1.CN1CC[C@H](O)C1=O. The molecule has 9 heteroatoms. The number of hydrogen-bond acceptors (Lipinski definition) is 6. The van der Waals surface area contributed by atoms with Crippen molar-refractivity contribution in [3.8, 4) is 18.0 Å². The zero-order valence-electron chi connectivity index (χ0n) is 19.3. The Labute approximate surface area is 193 Å². The normalized spacial score (nSPS) is 18.4. The van der Waals surface area contributed by atoms with Crippen molar-refractivity contribution in [2.45, 2.75) is 44.9 Å². The summed E-state index contributed by atoms with van der Waals surface area (Å²) in [7, 11) is 1.69. The number of aromatic nitrogens is 2. The Morgan fingerprint density at radius 3 is 2.61 bits per heavy atom. The highest BCUT2D eigenvalue weighted by Crippen LogP contribution is 2.26. The molecule has 2 aliphatic rings. The van der Waals surface area contributed by atoms with Gasteiger partial charge in [0.05, 0.1) is 17.0 Å². The number of likely N-dealkylation sites (N-methyl/N-ethyl adjacent to an activating group) is 1. The van der Waals surface area contributed by atoms with Gasteiger partial charge < -0.3 is 20.8 Å². The Morgan fingerprint density at radius 1 is 1.36 bits per heavy atom. The second-order valence-corrected chi connectivity index (χ2v) is 9.08. The van der Waals surface area contributed by atoms with E-state index in [1.807, 2.05) is 24.3 Å². The molecule has 1 aromatic heterocycles. The molecule has 4 N–H and O–H groups in total. The maximum absolute atomic E-state index is 11.9. The molecule has 3 heterocycles. The average Bonchev–Trinajstić information content (AvgIpc) is 3.28. The summed E-state index contributed by atoms with van der Waals surface area (Å²) in [5, 5.41) is 23.3. The van der Waals surface area contributed by atoms with Crippen LogP contribution in [0.3, 0.4) is 0 Å². The summed E-state index contributed by atoms with van der Waals surface area (Å²) in [5.74, 6) is 1.91. The minimum Gasteiger partial charge on any atom is -0.389 e. The van der Waals surface area contributed by atoms with Crippen molar-refractivity contribution in [3.63, 3.8) is 0 Å². The topological polar surface area (TPSA) is 125 Å². The van der Waals surface area contributed by atoms with Gasteiger partial charge in [-0.05, 0) is 38.5 Å². The molecular weight excluding hydrogens is 422 g/mol. The van der Waals surface area contributed by atoms with Crippen molar-refractivity contribution >= 4 is 11.8 Å². The molecule has 9 nitrogen and oxygen atoms in total. The van der Waals surface area contributed by atoms with E-state index in [4.69, 9.17) is 17.3 Å². The smallest absolute Gasteiger partial charge is 0.269 e.